The normalized spacial score (nSPS) is 22.8. The topological polar surface area (TPSA) is 101 Å². The molecule has 2 fully saturated rings. The lowest BCUT2D eigenvalue weighted by atomic mass is 10.3. The molecule has 8 heteroatoms. The first-order valence-corrected chi connectivity index (χ1v) is 6.67. The maximum atomic E-state index is 5.42. The minimum atomic E-state index is 0.263. The molecule has 0 spiro atoms. The second-order valence-electron chi connectivity index (χ2n) is 4.83. The molecule has 0 saturated carbocycles. The van der Waals surface area contributed by atoms with Crippen LogP contribution in [0.5, 0.6) is 0 Å². The van der Waals surface area contributed by atoms with E-state index in [1.54, 1.807) is 0 Å². The smallest absolute Gasteiger partial charge is 0.243 e. The number of hydrazine groups is 1. The Kier molecular flexibility index (Phi) is 3.60. The zero-order chi connectivity index (χ0) is 13.1. The molecule has 2 aliphatic rings. The highest BCUT2D eigenvalue weighted by molar-refractivity contribution is 5.44. The SMILES string of the molecule is NNc1nc(NC2CCOC2)nc(N2CCCC2)n1. The molecule has 4 N–H and O–H groups in total. The van der Waals surface area contributed by atoms with Gasteiger partial charge in [-0.25, -0.2) is 5.84 Å². The summed E-state index contributed by atoms with van der Waals surface area (Å²) in [6.07, 6.45) is 3.32. The van der Waals surface area contributed by atoms with Crippen molar-refractivity contribution in [1.82, 2.24) is 15.0 Å². The fraction of sp³-hybridized carbons (Fsp3) is 0.727. The highest BCUT2D eigenvalue weighted by Gasteiger charge is 2.20. The summed E-state index contributed by atoms with van der Waals surface area (Å²) >= 11 is 0. The first-order chi connectivity index (χ1) is 9.35. The molecule has 1 aromatic heterocycles. The minimum absolute atomic E-state index is 0.263. The molecule has 8 nitrogen and oxygen atoms in total. The molecule has 1 atom stereocenters. The van der Waals surface area contributed by atoms with Crippen molar-refractivity contribution < 1.29 is 4.74 Å². The molecule has 19 heavy (non-hydrogen) atoms. The number of nitrogens with zero attached hydrogens (tertiary/aromatic N) is 4. The van der Waals surface area contributed by atoms with Crippen molar-refractivity contribution in [1.29, 1.82) is 0 Å². The van der Waals surface area contributed by atoms with E-state index in [-0.39, 0.29) is 6.04 Å². The molecule has 0 bridgehead atoms. The Labute approximate surface area is 111 Å². The number of nitrogens with two attached hydrogens (primary N) is 1. The van der Waals surface area contributed by atoms with Crippen LogP contribution in [0.1, 0.15) is 19.3 Å². The third-order valence-electron chi connectivity index (χ3n) is 3.40. The van der Waals surface area contributed by atoms with Gasteiger partial charge in [0.15, 0.2) is 0 Å². The number of hydrogen-bond acceptors (Lipinski definition) is 8. The predicted octanol–water partition coefficient (Wildman–Crippen LogP) is -0.0418. The van der Waals surface area contributed by atoms with Crippen LogP contribution in [0, 0.1) is 0 Å². The van der Waals surface area contributed by atoms with E-state index in [1.807, 2.05) is 0 Å². The number of nitrogens with one attached hydrogen (secondary N) is 2. The Bertz CT molecular complexity index is 429. The van der Waals surface area contributed by atoms with Gasteiger partial charge in [0.2, 0.25) is 17.8 Å². The number of ether oxygens (including phenoxy) is 1. The molecule has 0 aliphatic carbocycles. The number of anilines is 3. The minimum Gasteiger partial charge on any atom is -0.379 e. The molecule has 3 heterocycles. The van der Waals surface area contributed by atoms with E-state index in [1.165, 1.54) is 12.8 Å². The maximum Gasteiger partial charge on any atom is 0.243 e. The van der Waals surface area contributed by atoms with E-state index >= 15 is 0 Å². The zero-order valence-corrected chi connectivity index (χ0v) is 10.8. The van der Waals surface area contributed by atoms with Crippen molar-refractivity contribution in [2.24, 2.45) is 5.84 Å². The molecule has 1 aromatic rings. The van der Waals surface area contributed by atoms with Crippen LogP contribution in [-0.4, -0.2) is 47.3 Å². The molecule has 0 radical (unpaired) electrons. The van der Waals surface area contributed by atoms with Gasteiger partial charge in [0.05, 0.1) is 12.6 Å². The molecule has 0 aromatic carbocycles. The van der Waals surface area contributed by atoms with Gasteiger partial charge in [-0.1, -0.05) is 0 Å². The third-order valence-corrected chi connectivity index (χ3v) is 3.40. The van der Waals surface area contributed by atoms with Crippen LogP contribution in [0.2, 0.25) is 0 Å². The number of aromatic nitrogens is 3. The average Bonchev–Trinajstić information content (AvgIpc) is 3.11. The van der Waals surface area contributed by atoms with Gasteiger partial charge < -0.3 is 15.0 Å². The third kappa shape index (κ3) is 2.85. The summed E-state index contributed by atoms with van der Waals surface area (Å²) < 4.78 is 5.33. The lowest BCUT2D eigenvalue weighted by molar-refractivity contribution is 0.195. The molecule has 104 valence electrons. The number of rotatable bonds is 4. The summed E-state index contributed by atoms with van der Waals surface area (Å²) in [6, 6.07) is 0.263. The molecule has 3 rings (SSSR count). The lowest BCUT2D eigenvalue weighted by Crippen LogP contribution is -2.25. The second-order valence-corrected chi connectivity index (χ2v) is 4.83. The van der Waals surface area contributed by atoms with Crippen molar-refractivity contribution in [3.05, 3.63) is 0 Å². The van der Waals surface area contributed by atoms with Crippen LogP contribution < -0.4 is 21.5 Å². The van der Waals surface area contributed by atoms with E-state index in [9.17, 15) is 0 Å². The fourth-order valence-electron chi connectivity index (χ4n) is 2.38. The molecule has 2 saturated heterocycles. The van der Waals surface area contributed by atoms with Gasteiger partial charge in [0.1, 0.15) is 0 Å². The number of nitrogen functional groups attached to an aromatic ring is 1. The maximum absolute atomic E-state index is 5.42. The van der Waals surface area contributed by atoms with E-state index in [2.05, 4.69) is 30.6 Å². The summed E-state index contributed by atoms with van der Waals surface area (Å²) in [4.78, 5) is 15.2. The molecular weight excluding hydrogens is 246 g/mol. The first kappa shape index (κ1) is 12.4. The van der Waals surface area contributed by atoms with Crippen LogP contribution in [0.4, 0.5) is 17.8 Å². The monoisotopic (exact) mass is 265 g/mol. The van der Waals surface area contributed by atoms with Gasteiger partial charge in [-0.15, -0.1) is 0 Å². The van der Waals surface area contributed by atoms with Crippen LogP contribution in [0.15, 0.2) is 0 Å². The first-order valence-electron chi connectivity index (χ1n) is 6.67. The molecule has 2 aliphatic heterocycles. The van der Waals surface area contributed by atoms with Gasteiger partial charge in [-0.05, 0) is 19.3 Å². The summed E-state index contributed by atoms with van der Waals surface area (Å²) in [6.45, 7) is 3.44. The average molecular weight is 265 g/mol. The van der Waals surface area contributed by atoms with E-state index in [0.717, 1.165) is 26.1 Å². The van der Waals surface area contributed by atoms with E-state index in [4.69, 9.17) is 10.6 Å². The Morgan fingerprint density at radius 3 is 2.63 bits per heavy atom. The Hall–Kier alpha value is -1.67. The van der Waals surface area contributed by atoms with Crippen molar-refractivity contribution in [2.45, 2.75) is 25.3 Å². The van der Waals surface area contributed by atoms with E-state index in [0.29, 0.717) is 24.5 Å². The quantitative estimate of drug-likeness (QED) is 0.515. The Balaban J connectivity index is 1.79. The zero-order valence-electron chi connectivity index (χ0n) is 10.8. The van der Waals surface area contributed by atoms with Crippen LogP contribution in [-0.2, 0) is 4.74 Å². The predicted molar refractivity (Wildman–Crippen MR) is 71.9 cm³/mol. The summed E-state index contributed by atoms with van der Waals surface area (Å²) in [5.41, 5.74) is 2.50. The van der Waals surface area contributed by atoms with Gasteiger partial charge in [-0.3, -0.25) is 5.43 Å². The van der Waals surface area contributed by atoms with Crippen molar-refractivity contribution in [3.63, 3.8) is 0 Å². The largest absolute Gasteiger partial charge is 0.379 e. The van der Waals surface area contributed by atoms with Crippen molar-refractivity contribution >= 4 is 17.8 Å². The Morgan fingerprint density at radius 2 is 1.95 bits per heavy atom. The Morgan fingerprint density at radius 1 is 1.16 bits per heavy atom. The summed E-state index contributed by atoms with van der Waals surface area (Å²) in [5.74, 6) is 7.05. The lowest BCUT2D eigenvalue weighted by Gasteiger charge is -2.17. The summed E-state index contributed by atoms with van der Waals surface area (Å²) in [5, 5.41) is 3.27. The van der Waals surface area contributed by atoms with Crippen molar-refractivity contribution in [2.75, 3.05) is 41.9 Å². The highest BCUT2D eigenvalue weighted by Crippen LogP contribution is 2.19. The summed E-state index contributed by atoms with van der Waals surface area (Å²) in [7, 11) is 0. The van der Waals surface area contributed by atoms with Gasteiger partial charge >= 0.3 is 0 Å². The molecular formula is C11H19N7O. The highest BCUT2D eigenvalue weighted by atomic mass is 16.5. The molecule has 1 unspecified atom stereocenters. The van der Waals surface area contributed by atoms with Crippen LogP contribution in [0.25, 0.3) is 0 Å². The van der Waals surface area contributed by atoms with Crippen LogP contribution in [0.3, 0.4) is 0 Å². The van der Waals surface area contributed by atoms with E-state index < -0.39 is 0 Å². The van der Waals surface area contributed by atoms with Gasteiger partial charge in [0.25, 0.3) is 0 Å². The van der Waals surface area contributed by atoms with Gasteiger partial charge in [-0.2, -0.15) is 15.0 Å². The fourth-order valence-corrected chi connectivity index (χ4v) is 2.38. The molecule has 0 amide bonds. The van der Waals surface area contributed by atoms with Crippen LogP contribution >= 0.6 is 0 Å². The van der Waals surface area contributed by atoms with Crippen molar-refractivity contribution in [3.8, 4) is 0 Å². The number of hydrogen-bond donors (Lipinski definition) is 3. The second kappa shape index (κ2) is 5.54. The van der Waals surface area contributed by atoms with Gasteiger partial charge in [0, 0.05) is 19.7 Å². The standard InChI is InChI=1S/C11H19N7O/c12-17-10-14-9(13-8-3-6-19-7-8)15-11(16-10)18-4-1-2-5-18/h8H,1-7,12H2,(H2,13,14,15,16,17).